The van der Waals surface area contributed by atoms with Gasteiger partial charge < -0.3 is 10.2 Å². The highest BCUT2D eigenvalue weighted by Crippen LogP contribution is 2.32. The second-order valence-electron chi connectivity index (χ2n) is 6.15. The maximum atomic E-state index is 11.8. The zero-order valence-corrected chi connectivity index (χ0v) is 10.9. The van der Waals surface area contributed by atoms with E-state index in [1.54, 1.807) is 0 Å². The summed E-state index contributed by atoms with van der Waals surface area (Å²) < 4.78 is 0. The summed E-state index contributed by atoms with van der Waals surface area (Å²) in [5.41, 5.74) is 0. The molecule has 0 spiro atoms. The maximum Gasteiger partial charge on any atom is 0.223 e. The Labute approximate surface area is 108 Å². The highest BCUT2D eigenvalue weighted by molar-refractivity contribution is 5.80. The molecule has 4 nitrogen and oxygen atoms in total. The molecule has 1 aliphatic heterocycles. The van der Waals surface area contributed by atoms with Gasteiger partial charge in [-0.2, -0.15) is 0 Å². The summed E-state index contributed by atoms with van der Waals surface area (Å²) in [5.74, 6) is 1.43. The summed E-state index contributed by atoms with van der Waals surface area (Å²) in [6.07, 6.45) is 7.37. The zero-order chi connectivity index (χ0) is 12.5. The lowest BCUT2D eigenvalue weighted by atomic mass is 9.83. The van der Waals surface area contributed by atoms with Gasteiger partial charge in [-0.25, -0.2) is 0 Å². The van der Waals surface area contributed by atoms with Crippen molar-refractivity contribution in [2.45, 2.75) is 51.0 Å². The van der Waals surface area contributed by atoms with Crippen molar-refractivity contribution in [2.75, 3.05) is 13.1 Å². The molecule has 0 aromatic carbocycles. The Balaban J connectivity index is 1.38. The molecule has 2 aliphatic carbocycles. The van der Waals surface area contributed by atoms with Crippen molar-refractivity contribution in [3.8, 4) is 0 Å². The summed E-state index contributed by atoms with van der Waals surface area (Å²) in [5, 5.41) is 3.01. The molecule has 1 saturated heterocycles. The number of hydrogen-bond acceptors (Lipinski definition) is 2. The minimum atomic E-state index is 0.178. The quantitative estimate of drug-likeness (QED) is 0.799. The zero-order valence-electron chi connectivity index (χ0n) is 10.9. The fourth-order valence-corrected chi connectivity index (χ4v) is 2.97. The number of carbonyl (C=O) groups excluding carboxylic acids is 2. The minimum absolute atomic E-state index is 0.178. The largest absolute Gasteiger partial charge is 0.356 e. The lowest BCUT2D eigenvalue weighted by molar-refractivity contribution is -0.128. The van der Waals surface area contributed by atoms with Gasteiger partial charge in [-0.3, -0.25) is 9.59 Å². The van der Waals surface area contributed by atoms with Crippen molar-refractivity contribution in [1.29, 1.82) is 0 Å². The number of hydrogen-bond donors (Lipinski definition) is 1. The van der Waals surface area contributed by atoms with Crippen LogP contribution in [0.2, 0.25) is 0 Å². The first kappa shape index (κ1) is 12.0. The molecular weight excluding hydrogens is 228 g/mol. The van der Waals surface area contributed by atoms with E-state index in [-0.39, 0.29) is 11.8 Å². The maximum absolute atomic E-state index is 11.8. The van der Waals surface area contributed by atoms with Gasteiger partial charge in [-0.1, -0.05) is 6.42 Å². The summed E-state index contributed by atoms with van der Waals surface area (Å²) in [4.78, 5) is 25.5. The molecule has 2 amide bonds. The van der Waals surface area contributed by atoms with Crippen LogP contribution in [-0.4, -0.2) is 35.8 Å². The average molecular weight is 250 g/mol. The van der Waals surface area contributed by atoms with Gasteiger partial charge in [0.1, 0.15) is 0 Å². The van der Waals surface area contributed by atoms with Gasteiger partial charge in [0.25, 0.3) is 0 Å². The van der Waals surface area contributed by atoms with Gasteiger partial charge in [0.2, 0.25) is 11.8 Å². The lowest BCUT2D eigenvalue weighted by Crippen LogP contribution is -2.33. The third-order valence-electron chi connectivity index (χ3n) is 4.51. The highest BCUT2D eigenvalue weighted by atomic mass is 16.2. The smallest absolute Gasteiger partial charge is 0.223 e. The fourth-order valence-electron chi connectivity index (χ4n) is 2.97. The van der Waals surface area contributed by atoms with E-state index in [4.69, 9.17) is 0 Å². The first-order chi connectivity index (χ1) is 8.72. The Hall–Kier alpha value is -1.06. The first-order valence-corrected chi connectivity index (χ1v) is 7.28. The van der Waals surface area contributed by atoms with Crippen LogP contribution in [0.15, 0.2) is 0 Å². The summed E-state index contributed by atoms with van der Waals surface area (Å²) in [6, 6.07) is 0.521. The van der Waals surface area contributed by atoms with Crippen LogP contribution < -0.4 is 5.32 Å². The van der Waals surface area contributed by atoms with Crippen LogP contribution in [0, 0.1) is 11.8 Å². The van der Waals surface area contributed by atoms with Gasteiger partial charge >= 0.3 is 0 Å². The predicted molar refractivity (Wildman–Crippen MR) is 67.8 cm³/mol. The molecule has 2 saturated carbocycles. The molecule has 1 heterocycles. The van der Waals surface area contributed by atoms with Crippen LogP contribution in [0.4, 0.5) is 0 Å². The molecule has 0 aromatic rings. The Morgan fingerprint density at radius 1 is 1.22 bits per heavy atom. The second-order valence-corrected chi connectivity index (χ2v) is 6.15. The molecule has 1 atom stereocenters. The number of amides is 2. The number of rotatable bonds is 5. The van der Waals surface area contributed by atoms with Crippen LogP contribution in [0.5, 0.6) is 0 Å². The molecule has 18 heavy (non-hydrogen) atoms. The van der Waals surface area contributed by atoms with Gasteiger partial charge in [0.05, 0.1) is 0 Å². The molecule has 3 rings (SSSR count). The Morgan fingerprint density at radius 3 is 2.61 bits per heavy atom. The van der Waals surface area contributed by atoms with Crippen molar-refractivity contribution in [3.05, 3.63) is 0 Å². The van der Waals surface area contributed by atoms with Crippen molar-refractivity contribution < 1.29 is 9.59 Å². The van der Waals surface area contributed by atoms with E-state index in [1.807, 2.05) is 4.90 Å². The van der Waals surface area contributed by atoms with E-state index in [9.17, 15) is 9.59 Å². The molecule has 0 radical (unpaired) electrons. The van der Waals surface area contributed by atoms with E-state index in [1.165, 1.54) is 32.1 Å². The number of carbonyl (C=O) groups is 2. The van der Waals surface area contributed by atoms with Gasteiger partial charge in [0.15, 0.2) is 0 Å². The van der Waals surface area contributed by atoms with Gasteiger partial charge in [0, 0.05) is 37.9 Å². The van der Waals surface area contributed by atoms with E-state index in [0.29, 0.717) is 37.3 Å². The van der Waals surface area contributed by atoms with E-state index >= 15 is 0 Å². The predicted octanol–water partition coefficient (Wildman–Crippen LogP) is 1.30. The van der Waals surface area contributed by atoms with Crippen LogP contribution in [0.25, 0.3) is 0 Å². The minimum Gasteiger partial charge on any atom is -0.356 e. The fraction of sp³-hybridized carbons (Fsp3) is 0.857. The molecule has 1 N–H and O–H groups in total. The van der Waals surface area contributed by atoms with Crippen LogP contribution in [-0.2, 0) is 9.59 Å². The molecule has 3 fully saturated rings. The summed E-state index contributed by atoms with van der Waals surface area (Å²) >= 11 is 0. The topological polar surface area (TPSA) is 49.4 Å². The van der Waals surface area contributed by atoms with Crippen molar-refractivity contribution in [2.24, 2.45) is 11.8 Å². The summed E-state index contributed by atoms with van der Waals surface area (Å²) in [7, 11) is 0. The van der Waals surface area contributed by atoms with E-state index < -0.39 is 0 Å². The van der Waals surface area contributed by atoms with Gasteiger partial charge in [-0.15, -0.1) is 0 Å². The molecular formula is C14H22N2O2. The van der Waals surface area contributed by atoms with Crippen LogP contribution in [0.3, 0.4) is 0 Å². The monoisotopic (exact) mass is 250 g/mol. The molecule has 3 aliphatic rings. The number of likely N-dealkylation sites (tertiary alicyclic amines) is 1. The summed E-state index contributed by atoms with van der Waals surface area (Å²) in [6.45, 7) is 1.54. The molecule has 0 aromatic heterocycles. The number of nitrogens with zero attached hydrogens (tertiary/aromatic N) is 1. The lowest BCUT2D eigenvalue weighted by Gasteiger charge is -2.24. The number of nitrogens with one attached hydrogen (secondary N) is 1. The van der Waals surface area contributed by atoms with Crippen molar-refractivity contribution in [3.63, 3.8) is 0 Å². The highest BCUT2D eigenvalue weighted by Gasteiger charge is 2.39. The first-order valence-electron chi connectivity index (χ1n) is 7.28. The third-order valence-corrected chi connectivity index (χ3v) is 4.51. The standard InChI is InChI=1S/C14H22N2O2/c17-13(6-10-2-1-3-10)15-8-11-7-14(18)16(9-11)12-4-5-12/h10-12H,1-9H2,(H,15,17)/t11-/m1/s1. The van der Waals surface area contributed by atoms with Crippen LogP contribution in [0.1, 0.15) is 44.9 Å². The molecule has 4 heteroatoms. The van der Waals surface area contributed by atoms with E-state index in [2.05, 4.69) is 5.32 Å². The van der Waals surface area contributed by atoms with E-state index in [0.717, 1.165) is 6.54 Å². The molecule has 0 unspecified atom stereocenters. The molecule has 0 bridgehead atoms. The van der Waals surface area contributed by atoms with Crippen molar-refractivity contribution >= 4 is 11.8 Å². The Kier molecular flexibility index (Phi) is 3.27. The third kappa shape index (κ3) is 2.68. The Morgan fingerprint density at radius 2 is 2.00 bits per heavy atom. The average Bonchev–Trinajstić information content (AvgIpc) is 3.06. The molecule has 100 valence electrons. The SMILES string of the molecule is O=C(CC1CCC1)NC[C@H]1CC(=O)N(C2CC2)C1. The Bertz CT molecular complexity index is 348. The normalized spacial score (nSPS) is 28.3. The van der Waals surface area contributed by atoms with Gasteiger partial charge in [-0.05, 0) is 31.6 Å². The van der Waals surface area contributed by atoms with Crippen LogP contribution >= 0.6 is 0 Å². The second kappa shape index (κ2) is 4.90. The van der Waals surface area contributed by atoms with Crippen molar-refractivity contribution in [1.82, 2.24) is 10.2 Å².